The molecule has 0 bridgehead atoms. The second-order valence-corrected chi connectivity index (χ2v) is 7.19. The second-order valence-electron chi connectivity index (χ2n) is 7.19. The van der Waals surface area contributed by atoms with Gasteiger partial charge in [0, 0.05) is 0 Å². The molecule has 0 aromatic heterocycles. The summed E-state index contributed by atoms with van der Waals surface area (Å²) >= 11 is 0. The van der Waals surface area contributed by atoms with Crippen molar-refractivity contribution < 1.29 is 23.5 Å². The van der Waals surface area contributed by atoms with Gasteiger partial charge in [-0.15, -0.1) is 0 Å². The van der Waals surface area contributed by atoms with Gasteiger partial charge in [0.15, 0.2) is 6.61 Å². The summed E-state index contributed by atoms with van der Waals surface area (Å²) in [6.45, 7) is 1.75. The van der Waals surface area contributed by atoms with Crippen LogP contribution >= 0.6 is 0 Å². The molecule has 1 atom stereocenters. The van der Waals surface area contributed by atoms with Gasteiger partial charge in [-0.05, 0) is 54.4 Å². The fraction of sp³-hybridized carbons (Fsp3) is 0.120. The SMILES string of the molecule is C[C@H](NC(=O)COc1ccc(/C=N\NC(=O)C(=O)Nc2ccccc2F)cc1)c1ccccc1. The first-order valence-electron chi connectivity index (χ1n) is 10.4. The molecule has 0 saturated carbocycles. The first-order valence-corrected chi connectivity index (χ1v) is 10.4. The number of carbonyl (C=O) groups is 3. The molecule has 3 rings (SSSR count). The minimum Gasteiger partial charge on any atom is -0.484 e. The van der Waals surface area contributed by atoms with Crippen LogP contribution in [-0.2, 0) is 14.4 Å². The van der Waals surface area contributed by atoms with E-state index in [1.54, 1.807) is 24.3 Å². The third-order valence-corrected chi connectivity index (χ3v) is 4.64. The lowest BCUT2D eigenvalue weighted by atomic mass is 10.1. The average Bonchev–Trinajstić information content (AvgIpc) is 2.85. The number of para-hydroxylation sites is 1. The van der Waals surface area contributed by atoms with Crippen LogP contribution in [0, 0.1) is 5.82 Å². The smallest absolute Gasteiger partial charge is 0.329 e. The Kier molecular flexibility index (Phi) is 8.45. The Morgan fingerprint density at radius 3 is 2.32 bits per heavy atom. The Morgan fingerprint density at radius 2 is 1.62 bits per heavy atom. The molecule has 0 spiro atoms. The highest BCUT2D eigenvalue weighted by atomic mass is 19.1. The lowest BCUT2D eigenvalue weighted by Gasteiger charge is -2.14. The van der Waals surface area contributed by atoms with E-state index in [-0.39, 0.29) is 24.2 Å². The summed E-state index contributed by atoms with van der Waals surface area (Å²) in [5, 5.41) is 8.73. The number of rotatable bonds is 8. The summed E-state index contributed by atoms with van der Waals surface area (Å²) in [5.41, 5.74) is 3.57. The van der Waals surface area contributed by atoms with E-state index in [4.69, 9.17) is 4.74 Å². The summed E-state index contributed by atoms with van der Waals surface area (Å²) in [5.74, 6) is -2.52. The Bertz CT molecular complexity index is 1170. The van der Waals surface area contributed by atoms with Crippen LogP contribution in [0.3, 0.4) is 0 Å². The molecule has 34 heavy (non-hydrogen) atoms. The Labute approximate surface area is 195 Å². The largest absolute Gasteiger partial charge is 0.484 e. The van der Waals surface area contributed by atoms with Crippen LogP contribution in [0.15, 0.2) is 84.0 Å². The molecule has 8 nitrogen and oxygen atoms in total. The molecule has 3 N–H and O–H groups in total. The van der Waals surface area contributed by atoms with Crippen LogP contribution in [-0.4, -0.2) is 30.5 Å². The number of hydrogen-bond acceptors (Lipinski definition) is 5. The molecule has 3 aromatic rings. The van der Waals surface area contributed by atoms with Crippen molar-refractivity contribution in [1.82, 2.24) is 10.7 Å². The Morgan fingerprint density at radius 1 is 0.941 bits per heavy atom. The maximum atomic E-state index is 13.5. The molecule has 0 aliphatic carbocycles. The van der Waals surface area contributed by atoms with Crippen LogP contribution in [0.4, 0.5) is 10.1 Å². The fourth-order valence-corrected chi connectivity index (χ4v) is 2.87. The number of hydrogen-bond donors (Lipinski definition) is 3. The lowest BCUT2D eigenvalue weighted by Crippen LogP contribution is -2.32. The number of hydrazone groups is 1. The topological polar surface area (TPSA) is 109 Å². The molecule has 0 saturated heterocycles. The van der Waals surface area contributed by atoms with Gasteiger partial charge in [-0.25, -0.2) is 9.82 Å². The molecular formula is C25H23FN4O4. The molecule has 0 unspecified atom stereocenters. The van der Waals surface area contributed by atoms with Gasteiger partial charge < -0.3 is 15.4 Å². The molecule has 0 aliphatic rings. The average molecular weight is 462 g/mol. The molecule has 9 heteroatoms. The fourth-order valence-electron chi connectivity index (χ4n) is 2.87. The van der Waals surface area contributed by atoms with Crippen LogP contribution in [0.2, 0.25) is 0 Å². The van der Waals surface area contributed by atoms with Crippen molar-refractivity contribution in [3.8, 4) is 5.75 Å². The summed E-state index contributed by atoms with van der Waals surface area (Å²) in [6.07, 6.45) is 1.33. The quantitative estimate of drug-likeness (QED) is 0.271. The van der Waals surface area contributed by atoms with Crippen LogP contribution in [0.5, 0.6) is 5.75 Å². The zero-order valence-electron chi connectivity index (χ0n) is 18.3. The number of nitrogens with zero attached hydrogens (tertiary/aromatic N) is 1. The van der Waals surface area contributed by atoms with Crippen LogP contribution in [0.1, 0.15) is 24.1 Å². The van der Waals surface area contributed by atoms with Crippen molar-refractivity contribution in [2.24, 2.45) is 5.10 Å². The molecule has 0 aliphatic heterocycles. The third kappa shape index (κ3) is 7.27. The number of carbonyl (C=O) groups excluding carboxylic acids is 3. The van der Waals surface area contributed by atoms with Gasteiger partial charge in [0.25, 0.3) is 5.91 Å². The highest BCUT2D eigenvalue weighted by molar-refractivity contribution is 6.39. The van der Waals surface area contributed by atoms with E-state index < -0.39 is 17.6 Å². The van der Waals surface area contributed by atoms with Crippen molar-refractivity contribution in [3.63, 3.8) is 0 Å². The van der Waals surface area contributed by atoms with E-state index in [0.29, 0.717) is 11.3 Å². The standard InChI is InChI=1S/C25H23FN4O4/c1-17(19-7-3-2-4-8-19)28-23(31)16-34-20-13-11-18(12-14-20)15-27-30-25(33)24(32)29-22-10-6-5-9-21(22)26/h2-15,17H,16H2,1H3,(H,28,31)(H,29,32)(H,30,33)/b27-15-/t17-/m0/s1. The van der Waals surface area contributed by atoms with Gasteiger partial charge in [-0.1, -0.05) is 42.5 Å². The van der Waals surface area contributed by atoms with Crippen molar-refractivity contribution in [1.29, 1.82) is 0 Å². The number of nitrogens with one attached hydrogen (secondary N) is 3. The third-order valence-electron chi connectivity index (χ3n) is 4.64. The van der Waals surface area contributed by atoms with E-state index in [1.807, 2.05) is 37.3 Å². The predicted molar refractivity (Wildman–Crippen MR) is 126 cm³/mol. The lowest BCUT2D eigenvalue weighted by molar-refractivity contribution is -0.136. The molecule has 3 amide bonds. The van der Waals surface area contributed by atoms with Gasteiger partial charge in [-0.3, -0.25) is 14.4 Å². The normalized spacial score (nSPS) is 11.5. The van der Waals surface area contributed by atoms with Gasteiger partial charge in [0.2, 0.25) is 0 Å². The highest BCUT2D eigenvalue weighted by Gasteiger charge is 2.14. The number of benzene rings is 3. The van der Waals surface area contributed by atoms with Crippen molar-refractivity contribution >= 4 is 29.6 Å². The monoisotopic (exact) mass is 462 g/mol. The Hall–Kier alpha value is -4.53. The zero-order valence-corrected chi connectivity index (χ0v) is 18.3. The number of ether oxygens (including phenoxy) is 1. The van der Waals surface area contributed by atoms with Crippen molar-refractivity contribution in [2.75, 3.05) is 11.9 Å². The van der Waals surface area contributed by atoms with Crippen molar-refractivity contribution in [3.05, 3.63) is 95.8 Å². The van der Waals surface area contributed by atoms with E-state index in [9.17, 15) is 18.8 Å². The van der Waals surface area contributed by atoms with Crippen LogP contribution < -0.4 is 20.8 Å². The summed E-state index contributed by atoms with van der Waals surface area (Å²) < 4.78 is 19.0. The molecule has 0 heterocycles. The maximum absolute atomic E-state index is 13.5. The molecule has 3 aromatic carbocycles. The van der Waals surface area contributed by atoms with Crippen LogP contribution in [0.25, 0.3) is 0 Å². The molecule has 174 valence electrons. The molecular weight excluding hydrogens is 439 g/mol. The summed E-state index contributed by atoms with van der Waals surface area (Å²) in [6, 6.07) is 21.6. The van der Waals surface area contributed by atoms with E-state index in [2.05, 4.69) is 21.2 Å². The minimum absolute atomic E-state index is 0.106. The van der Waals surface area contributed by atoms with Gasteiger partial charge in [-0.2, -0.15) is 5.10 Å². The Balaban J connectivity index is 1.42. The number of amides is 3. The highest BCUT2D eigenvalue weighted by Crippen LogP contribution is 2.13. The van der Waals surface area contributed by atoms with Gasteiger partial charge >= 0.3 is 11.8 Å². The first-order chi connectivity index (χ1) is 16.4. The second kappa shape index (κ2) is 11.9. The first kappa shape index (κ1) is 24.1. The van der Waals surface area contributed by atoms with Gasteiger partial charge in [0.05, 0.1) is 17.9 Å². The van der Waals surface area contributed by atoms with E-state index in [0.717, 1.165) is 11.6 Å². The van der Waals surface area contributed by atoms with Crippen molar-refractivity contribution in [2.45, 2.75) is 13.0 Å². The number of anilines is 1. The number of halogens is 1. The molecule has 0 radical (unpaired) electrons. The summed E-state index contributed by atoms with van der Waals surface area (Å²) in [4.78, 5) is 35.7. The minimum atomic E-state index is -1.05. The summed E-state index contributed by atoms with van der Waals surface area (Å²) in [7, 11) is 0. The predicted octanol–water partition coefficient (Wildman–Crippen LogP) is 3.17. The maximum Gasteiger partial charge on any atom is 0.329 e. The van der Waals surface area contributed by atoms with E-state index >= 15 is 0 Å². The zero-order chi connectivity index (χ0) is 24.3. The molecule has 0 fully saturated rings. The van der Waals surface area contributed by atoms with E-state index in [1.165, 1.54) is 24.4 Å². The van der Waals surface area contributed by atoms with Gasteiger partial charge in [0.1, 0.15) is 11.6 Å².